The van der Waals surface area contributed by atoms with Crippen molar-refractivity contribution in [2.75, 3.05) is 6.54 Å². The SMILES string of the molecule is CCNC(Cn1nccc1C)C(C)C. The predicted molar refractivity (Wildman–Crippen MR) is 59.3 cm³/mol. The first-order valence-electron chi connectivity index (χ1n) is 5.37. The highest BCUT2D eigenvalue weighted by molar-refractivity contribution is 4.97. The highest BCUT2D eigenvalue weighted by Gasteiger charge is 2.13. The van der Waals surface area contributed by atoms with Crippen LogP contribution < -0.4 is 5.32 Å². The van der Waals surface area contributed by atoms with Gasteiger partial charge in [0.2, 0.25) is 0 Å². The van der Waals surface area contributed by atoms with Crippen molar-refractivity contribution >= 4 is 0 Å². The van der Waals surface area contributed by atoms with E-state index in [4.69, 9.17) is 0 Å². The summed E-state index contributed by atoms with van der Waals surface area (Å²) in [7, 11) is 0. The summed E-state index contributed by atoms with van der Waals surface area (Å²) < 4.78 is 2.06. The average molecular weight is 195 g/mol. The zero-order valence-corrected chi connectivity index (χ0v) is 9.62. The van der Waals surface area contributed by atoms with Crippen LogP contribution in [0.2, 0.25) is 0 Å². The van der Waals surface area contributed by atoms with E-state index >= 15 is 0 Å². The fraction of sp³-hybridized carbons (Fsp3) is 0.727. The molecule has 1 unspecified atom stereocenters. The Morgan fingerprint density at radius 3 is 2.64 bits per heavy atom. The van der Waals surface area contributed by atoms with Crippen LogP contribution in [-0.4, -0.2) is 22.4 Å². The molecule has 0 saturated heterocycles. The number of hydrogen-bond acceptors (Lipinski definition) is 2. The second-order valence-electron chi connectivity index (χ2n) is 4.06. The lowest BCUT2D eigenvalue weighted by molar-refractivity contribution is 0.346. The minimum absolute atomic E-state index is 0.513. The standard InChI is InChI=1S/C11H21N3/c1-5-12-11(9(2)3)8-14-10(4)6-7-13-14/h6-7,9,11-12H,5,8H2,1-4H3. The number of hydrogen-bond donors (Lipinski definition) is 1. The number of aromatic nitrogens is 2. The van der Waals surface area contributed by atoms with Crippen molar-refractivity contribution < 1.29 is 0 Å². The van der Waals surface area contributed by atoms with Crippen molar-refractivity contribution in [2.45, 2.75) is 40.3 Å². The van der Waals surface area contributed by atoms with E-state index in [0.717, 1.165) is 13.1 Å². The number of aryl methyl sites for hydroxylation is 1. The summed E-state index contributed by atoms with van der Waals surface area (Å²) in [5.41, 5.74) is 1.23. The topological polar surface area (TPSA) is 29.9 Å². The third-order valence-electron chi connectivity index (χ3n) is 2.57. The van der Waals surface area contributed by atoms with E-state index in [9.17, 15) is 0 Å². The maximum Gasteiger partial charge on any atom is 0.0568 e. The van der Waals surface area contributed by atoms with Crippen LogP contribution in [-0.2, 0) is 6.54 Å². The molecule has 0 radical (unpaired) electrons. The summed E-state index contributed by atoms with van der Waals surface area (Å²) in [5, 5.41) is 7.78. The van der Waals surface area contributed by atoms with E-state index in [2.05, 4.69) is 42.8 Å². The monoisotopic (exact) mass is 195 g/mol. The second-order valence-corrected chi connectivity index (χ2v) is 4.06. The summed E-state index contributed by atoms with van der Waals surface area (Å²) in [6.07, 6.45) is 1.86. The lowest BCUT2D eigenvalue weighted by Crippen LogP contribution is -2.38. The Balaban J connectivity index is 2.60. The fourth-order valence-electron chi connectivity index (χ4n) is 1.55. The van der Waals surface area contributed by atoms with Crippen molar-refractivity contribution in [1.29, 1.82) is 0 Å². The summed E-state index contributed by atoms with van der Waals surface area (Å²) >= 11 is 0. The first kappa shape index (κ1) is 11.2. The molecule has 0 saturated carbocycles. The molecule has 0 aliphatic carbocycles. The van der Waals surface area contributed by atoms with Gasteiger partial charge in [-0.2, -0.15) is 5.10 Å². The van der Waals surface area contributed by atoms with Crippen molar-refractivity contribution in [3.63, 3.8) is 0 Å². The molecule has 1 atom stereocenters. The zero-order valence-electron chi connectivity index (χ0n) is 9.62. The van der Waals surface area contributed by atoms with Gasteiger partial charge in [-0.25, -0.2) is 0 Å². The first-order chi connectivity index (χ1) is 6.65. The van der Waals surface area contributed by atoms with Gasteiger partial charge in [0.1, 0.15) is 0 Å². The van der Waals surface area contributed by atoms with Crippen molar-refractivity contribution in [1.82, 2.24) is 15.1 Å². The average Bonchev–Trinajstić information content (AvgIpc) is 2.51. The lowest BCUT2D eigenvalue weighted by atomic mass is 10.0. The third-order valence-corrected chi connectivity index (χ3v) is 2.57. The third kappa shape index (κ3) is 2.84. The van der Waals surface area contributed by atoms with Crippen molar-refractivity contribution in [3.05, 3.63) is 18.0 Å². The molecule has 3 nitrogen and oxygen atoms in total. The van der Waals surface area contributed by atoms with Crippen LogP contribution in [0.25, 0.3) is 0 Å². The van der Waals surface area contributed by atoms with Crippen LogP contribution in [0, 0.1) is 12.8 Å². The van der Waals surface area contributed by atoms with Gasteiger partial charge in [-0.3, -0.25) is 4.68 Å². The van der Waals surface area contributed by atoms with E-state index in [1.54, 1.807) is 0 Å². The summed E-state index contributed by atoms with van der Waals surface area (Å²) in [4.78, 5) is 0. The minimum Gasteiger partial charge on any atom is -0.312 e. The lowest BCUT2D eigenvalue weighted by Gasteiger charge is -2.22. The molecule has 0 spiro atoms. The van der Waals surface area contributed by atoms with Crippen LogP contribution in [0.3, 0.4) is 0 Å². The predicted octanol–water partition coefficient (Wildman–Crippen LogP) is 1.83. The number of rotatable bonds is 5. The summed E-state index contributed by atoms with van der Waals surface area (Å²) in [6.45, 7) is 10.7. The van der Waals surface area contributed by atoms with Gasteiger partial charge in [-0.15, -0.1) is 0 Å². The summed E-state index contributed by atoms with van der Waals surface area (Å²) in [6, 6.07) is 2.56. The Labute approximate surface area is 86.5 Å². The zero-order chi connectivity index (χ0) is 10.6. The molecule has 0 fully saturated rings. The van der Waals surface area contributed by atoms with Gasteiger partial charge >= 0.3 is 0 Å². The highest BCUT2D eigenvalue weighted by atomic mass is 15.3. The molecule has 1 N–H and O–H groups in total. The van der Waals surface area contributed by atoms with Crippen LogP contribution >= 0.6 is 0 Å². The van der Waals surface area contributed by atoms with Gasteiger partial charge in [0.15, 0.2) is 0 Å². The number of likely N-dealkylation sites (N-methyl/N-ethyl adjacent to an activating group) is 1. The van der Waals surface area contributed by atoms with E-state index in [0.29, 0.717) is 12.0 Å². The first-order valence-corrected chi connectivity index (χ1v) is 5.37. The minimum atomic E-state index is 0.513. The molecule has 0 bridgehead atoms. The maximum atomic E-state index is 4.30. The molecule has 1 aromatic rings. The van der Waals surface area contributed by atoms with Gasteiger partial charge in [0, 0.05) is 17.9 Å². The second kappa shape index (κ2) is 5.15. The molecule has 3 heteroatoms. The van der Waals surface area contributed by atoms with E-state index in [-0.39, 0.29) is 0 Å². The Bertz CT molecular complexity index is 265. The van der Waals surface area contributed by atoms with Gasteiger partial charge in [0.05, 0.1) is 6.54 Å². The number of nitrogens with one attached hydrogen (secondary N) is 1. The Hall–Kier alpha value is -0.830. The molecule has 0 aliphatic heterocycles. The molecule has 1 rings (SSSR count). The van der Waals surface area contributed by atoms with E-state index < -0.39 is 0 Å². The van der Waals surface area contributed by atoms with Crippen LogP contribution in [0.4, 0.5) is 0 Å². The Morgan fingerprint density at radius 1 is 1.50 bits per heavy atom. The molecule has 0 amide bonds. The molecular weight excluding hydrogens is 174 g/mol. The van der Waals surface area contributed by atoms with Gasteiger partial charge in [-0.05, 0) is 25.5 Å². The van der Waals surface area contributed by atoms with E-state index in [1.807, 2.05) is 12.3 Å². The van der Waals surface area contributed by atoms with Crippen LogP contribution in [0.1, 0.15) is 26.5 Å². The van der Waals surface area contributed by atoms with Gasteiger partial charge < -0.3 is 5.32 Å². The van der Waals surface area contributed by atoms with Gasteiger partial charge in [-0.1, -0.05) is 20.8 Å². The Morgan fingerprint density at radius 2 is 2.21 bits per heavy atom. The highest BCUT2D eigenvalue weighted by Crippen LogP contribution is 2.06. The number of nitrogens with zero attached hydrogens (tertiary/aromatic N) is 2. The summed E-state index contributed by atoms with van der Waals surface area (Å²) in [5.74, 6) is 0.638. The normalized spacial score (nSPS) is 13.5. The molecule has 14 heavy (non-hydrogen) atoms. The van der Waals surface area contributed by atoms with Crippen molar-refractivity contribution in [3.8, 4) is 0 Å². The van der Waals surface area contributed by atoms with Crippen LogP contribution in [0.15, 0.2) is 12.3 Å². The molecule has 1 aromatic heterocycles. The maximum absolute atomic E-state index is 4.30. The molecule has 0 aliphatic rings. The molecule has 1 heterocycles. The fourth-order valence-corrected chi connectivity index (χ4v) is 1.55. The van der Waals surface area contributed by atoms with Crippen LogP contribution in [0.5, 0.6) is 0 Å². The largest absolute Gasteiger partial charge is 0.312 e. The molecule has 0 aromatic carbocycles. The Kier molecular flexibility index (Phi) is 4.14. The molecule has 80 valence electrons. The van der Waals surface area contributed by atoms with Crippen molar-refractivity contribution in [2.24, 2.45) is 5.92 Å². The quantitative estimate of drug-likeness (QED) is 0.776. The van der Waals surface area contributed by atoms with E-state index in [1.165, 1.54) is 5.69 Å². The van der Waals surface area contributed by atoms with Gasteiger partial charge in [0.25, 0.3) is 0 Å². The molecular formula is C11H21N3. The smallest absolute Gasteiger partial charge is 0.0568 e.